The summed E-state index contributed by atoms with van der Waals surface area (Å²) in [4.78, 5) is 34.0. The van der Waals surface area contributed by atoms with Crippen molar-refractivity contribution >= 4 is 17.6 Å². The zero-order valence-corrected chi connectivity index (χ0v) is 19.0. The van der Waals surface area contributed by atoms with Crippen LogP contribution in [0.3, 0.4) is 0 Å². The number of hydrogen-bond donors (Lipinski definition) is 2. The second-order valence-electron chi connectivity index (χ2n) is 8.39. The van der Waals surface area contributed by atoms with Crippen molar-refractivity contribution in [3.63, 3.8) is 0 Å². The van der Waals surface area contributed by atoms with Crippen molar-refractivity contribution in [2.75, 3.05) is 11.9 Å². The van der Waals surface area contributed by atoms with Gasteiger partial charge in [-0.15, -0.1) is 0 Å². The fraction of sp³-hybridized carbons (Fsp3) is 0.304. The zero-order valence-electron chi connectivity index (χ0n) is 19.0. The molecule has 0 spiro atoms. The highest BCUT2D eigenvalue weighted by atomic mass is 19.4. The van der Waals surface area contributed by atoms with E-state index in [-0.39, 0.29) is 55.2 Å². The smallest absolute Gasteiger partial charge is 0.335 e. The lowest BCUT2D eigenvalue weighted by Gasteiger charge is -2.30. The maximum atomic E-state index is 13.9. The molecule has 1 aliphatic rings. The number of alkyl halides is 3. The number of nitrogens with zero attached hydrogens (tertiary/aromatic N) is 4. The predicted molar refractivity (Wildman–Crippen MR) is 117 cm³/mol. The van der Waals surface area contributed by atoms with Crippen LogP contribution in [0, 0.1) is 17.5 Å². The molecule has 14 heteroatoms. The zero-order chi connectivity index (χ0) is 26.9. The van der Waals surface area contributed by atoms with E-state index in [4.69, 9.17) is 5.73 Å². The number of anilines is 1. The lowest BCUT2D eigenvalue weighted by atomic mass is 10.0. The Morgan fingerprint density at radius 2 is 1.81 bits per heavy atom. The van der Waals surface area contributed by atoms with Crippen molar-refractivity contribution < 1.29 is 35.9 Å². The third-order valence-corrected chi connectivity index (χ3v) is 5.75. The first-order chi connectivity index (χ1) is 17.4. The number of rotatable bonds is 6. The minimum atomic E-state index is -4.81. The van der Waals surface area contributed by atoms with Crippen molar-refractivity contribution in [3.8, 4) is 0 Å². The standard InChI is InChI=1S/C23H20F6N6O2/c24-14-10-16(26)15(25)8-12(14)7-13(30)9-19(36)34-5-6-35-18(11-34)20(33-22(35)23(27,28)29)32-21(37)17-3-1-2-4-31-17/h1-4,8,10,13H,5-7,9,11,30H2,(H,32,37)/t13-/m1/s1. The molecular formula is C23H20F6N6O2. The van der Waals surface area contributed by atoms with Gasteiger partial charge in [-0.25, -0.2) is 18.2 Å². The summed E-state index contributed by atoms with van der Waals surface area (Å²) in [6.07, 6.45) is -4.08. The topological polar surface area (TPSA) is 106 Å². The molecule has 1 aliphatic heterocycles. The Labute approximate surface area is 206 Å². The minimum absolute atomic E-state index is 0.0445. The lowest BCUT2D eigenvalue weighted by molar-refractivity contribution is -0.148. The molecule has 3 heterocycles. The van der Waals surface area contributed by atoms with Crippen LogP contribution in [0.1, 0.15) is 34.0 Å². The van der Waals surface area contributed by atoms with E-state index in [9.17, 15) is 35.9 Å². The molecule has 2 aromatic heterocycles. The van der Waals surface area contributed by atoms with Gasteiger partial charge in [0.05, 0.1) is 12.2 Å². The van der Waals surface area contributed by atoms with Gasteiger partial charge < -0.3 is 20.5 Å². The monoisotopic (exact) mass is 526 g/mol. The van der Waals surface area contributed by atoms with E-state index in [1.807, 2.05) is 0 Å². The molecule has 3 N–H and O–H groups in total. The molecule has 37 heavy (non-hydrogen) atoms. The molecule has 196 valence electrons. The summed E-state index contributed by atoms with van der Waals surface area (Å²) in [5.74, 6) is -6.57. The number of nitrogens with one attached hydrogen (secondary N) is 1. The van der Waals surface area contributed by atoms with Gasteiger partial charge in [-0.2, -0.15) is 13.2 Å². The first-order valence-electron chi connectivity index (χ1n) is 11.0. The molecule has 1 aromatic carbocycles. The molecule has 0 unspecified atom stereocenters. The Bertz CT molecular complexity index is 1330. The molecule has 4 rings (SSSR count). The third kappa shape index (κ3) is 5.74. The number of carbonyl (C=O) groups excluding carboxylic acids is 2. The summed E-state index contributed by atoms with van der Waals surface area (Å²) in [5.41, 5.74) is 5.62. The minimum Gasteiger partial charge on any atom is -0.335 e. The number of amides is 2. The summed E-state index contributed by atoms with van der Waals surface area (Å²) in [5, 5.41) is 2.32. The normalized spacial score (nSPS) is 14.3. The summed E-state index contributed by atoms with van der Waals surface area (Å²) >= 11 is 0. The first kappa shape index (κ1) is 26.1. The van der Waals surface area contributed by atoms with E-state index in [0.717, 1.165) is 4.57 Å². The fourth-order valence-electron chi connectivity index (χ4n) is 3.99. The average molecular weight is 526 g/mol. The van der Waals surface area contributed by atoms with Crippen LogP contribution < -0.4 is 11.1 Å². The van der Waals surface area contributed by atoms with Gasteiger partial charge in [0.2, 0.25) is 11.7 Å². The number of imidazole rings is 1. The molecule has 0 saturated heterocycles. The van der Waals surface area contributed by atoms with E-state index in [0.29, 0.717) is 12.1 Å². The van der Waals surface area contributed by atoms with Gasteiger partial charge in [-0.1, -0.05) is 6.07 Å². The highest BCUT2D eigenvalue weighted by molar-refractivity contribution is 6.02. The van der Waals surface area contributed by atoms with E-state index in [2.05, 4.69) is 15.3 Å². The summed E-state index contributed by atoms with van der Waals surface area (Å²) in [6.45, 7) is -0.674. The van der Waals surface area contributed by atoms with E-state index >= 15 is 0 Å². The van der Waals surface area contributed by atoms with Crippen LogP contribution in [0.15, 0.2) is 36.5 Å². The van der Waals surface area contributed by atoms with Crippen molar-refractivity contribution in [3.05, 3.63) is 76.8 Å². The fourth-order valence-corrected chi connectivity index (χ4v) is 3.99. The number of fused-ring (bicyclic) bond motifs is 1. The van der Waals surface area contributed by atoms with Crippen LogP contribution in [0.4, 0.5) is 32.2 Å². The molecule has 1 atom stereocenters. The van der Waals surface area contributed by atoms with Crippen LogP contribution in [0.2, 0.25) is 0 Å². The number of nitrogens with two attached hydrogens (primary N) is 1. The molecule has 0 saturated carbocycles. The quantitative estimate of drug-likeness (QED) is 0.379. The number of carbonyl (C=O) groups is 2. The van der Waals surface area contributed by atoms with Crippen molar-refractivity contribution in [2.45, 2.75) is 38.1 Å². The number of halogens is 6. The van der Waals surface area contributed by atoms with Crippen molar-refractivity contribution in [1.82, 2.24) is 19.4 Å². The van der Waals surface area contributed by atoms with Crippen LogP contribution in [0.5, 0.6) is 0 Å². The predicted octanol–water partition coefficient (Wildman–Crippen LogP) is 3.27. The van der Waals surface area contributed by atoms with Gasteiger partial charge in [0.15, 0.2) is 17.5 Å². The van der Waals surface area contributed by atoms with Crippen molar-refractivity contribution in [2.24, 2.45) is 5.73 Å². The first-order valence-corrected chi connectivity index (χ1v) is 11.0. The van der Waals surface area contributed by atoms with Gasteiger partial charge in [0, 0.05) is 37.8 Å². The molecule has 0 radical (unpaired) electrons. The molecular weight excluding hydrogens is 506 g/mol. The van der Waals surface area contributed by atoms with E-state index in [1.165, 1.54) is 23.2 Å². The average Bonchev–Trinajstić information content (AvgIpc) is 3.21. The van der Waals surface area contributed by atoms with Crippen molar-refractivity contribution in [1.29, 1.82) is 0 Å². The molecule has 2 amide bonds. The summed E-state index contributed by atoms with van der Waals surface area (Å²) in [7, 11) is 0. The van der Waals surface area contributed by atoms with Gasteiger partial charge in [-0.3, -0.25) is 14.6 Å². The molecule has 3 aromatic rings. The second-order valence-corrected chi connectivity index (χ2v) is 8.39. The van der Waals surface area contributed by atoms with Crippen LogP contribution in [0.25, 0.3) is 0 Å². The highest BCUT2D eigenvalue weighted by Crippen LogP contribution is 2.34. The molecule has 0 fully saturated rings. The number of hydrogen-bond acceptors (Lipinski definition) is 5. The Morgan fingerprint density at radius 3 is 2.49 bits per heavy atom. The highest BCUT2D eigenvalue weighted by Gasteiger charge is 2.41. The second kappa shape index (κ2) is 10.2. The van der Waals surface area contributed by atoms with E-state index in [1.54, 1.807) is 6.07 Å². The van der Waals surface area contributed by atoms with Gasteiger partial charge in [0.25, 0.3) is 5.91 Å². The number of aromatic nitrogens is 3. The van der Waals surface area contributed by atoms with Gasteiger partial charge >= 0.3 is 6.18 Å². The SMILES string of the molecule is N[C@@H](CC(=O)N1CCn2c(C(F)(F)F)nc(NC(=O)c3ccccn3)c2C1)Cc1cc(F)c(F)cc1F. The molecule has 8 nitrogen and oxygen atoms in total. The van der Waals surface area contributed by atoms with Gasteiger partial charge in [-0.05, 0) is 30.2 Å². The Kier molecular flexibility index (Phi) is 7.21. The molecule has 0 aliphatic carbocycles. The van der Waals surface area contributed by atoms with Crippen LogP contribution in [-0.2, 0) is 30.5 Å². The Balaban J connectivity index is 1.50. The number of benzene rings is 1. The summed E-state index contributed by atoms with van der Waals surface area (Å²) in [6, 6.07) is 4.52. The largest absolute Gasteiger partial charge is 0.449 e. The van der Waals surface area contributed by atoms with Crippen LogP contribution in [-0.4, -0.2) is 43.8 Å². The number of pyridine rings is 1. The van der Waals surface area contributed by atoms with E-state index < -0.39 is 47.3 Å². The third-order valence-electron chi connectivity index (χ3n) is 5.75. The van der Waals surface area contributed by atoms with Crippen LogP contribution >= 0.6 is 0 Å². The lowest BCUT2D eigenvalue weighted by Crippen LogP contribution is -2.42. The Hall–Kier alpha value is -3.94. The summed E-state index contributed by atoms with van der Waals surface area (Å²) < 4.78 is 82.1. The molecule has 0 bridgehead atoms. The maximum absolute atomic E-state index is 13.9. The Morgan fingerprint density at radius 1 is 1.08 bits per heavy atom. The maximum Gasteiger partial charge on any atom is 0.449 e. The van der Waals surface area contributed by atoms with Gasteiger partial charge in [0.1, 0.15) is 11.5 Å².